The van der Waals surface area contributed by atoms with Crippen LogP contribution in [0, 0.1) is 0 Å². The van der Waals surface area contributed by atoms with E-state index in [0.29, 0.717) is 29.3 Å². The molecule has 0 unspecified atom stereocenters. The Morgan fingerprint density at radius 2 is 1.56 bits per heavy atom. The van der Waals surface area contributed by atoms with Crippen molar-refractivity contribution in [2.45, 2.75) is 33.2 Å². The van der Waals surface area contributed by atoms with E-state index in [1.54, 1.807) is 30.3 Å². The van der Waals surface area contributed by atoms with Crippen LogP contribution < -0.4 is 20.1 Å². The number of nitrogens with one attached hydrogen (secondary N) is 2. The molecule has 7 nitrogen and oxygen atoms in total. The summed E-state index contributed by atoms with van der Waals surface area (Å²) in [6, 6.07) is 21.3. The maximum Gasteiger partial charge on any atom is 0.308 e. The molecule has 0 fully saturated rings. The predicted molar refractivity (Wildman–Crippen MR) is 130 cm³/mol. The van der Waals surface area contributed by atoms with Crippen LogP contribution in [0.1, 0.15) is 41.8 Å². The maximum atomic E-state index is 12.5. The minimum absolute atomic E-state index is 0.0618. The highest BCUT2D eigenvalue weighted by Gasteiger charge is 2.09. The van der Waals surface area contributed by atoms with Crippen LogP contribution in [0.3, 0.4) is 0 Å². The number of carbonyl (C=O) groups is 3. The molecule has 0 bridgehead atoms. The molecule has 34 heavy (non-hydrogen) atoms. The highest BCUT2D eigenvalue weighted by Crippen LogP contribution is 2.17. The molecular weight excluding hydrogens is 432 g/mol. The van der Waals surface area contributed by atoms with Crippen LogP contribution in [0.25, 0.3) is 0 Å². The molecule has 3 rings (SSSR count). The van der Waals surface area contributed by atoms with Crippen molar-refractivity contribution in [2.75, 3.05) is 11.9 Å². The summed E-state index contributed by atoms with van der Waals surface area (Å²) in [6.45, 7) is 3.71. The first-order valence-electron chi connectivity index (χ1n) is 11.1. The zero-order valence-corrected chi connectivity index (χ0v) is 19.3. The van der Waals surface area contributed by atoms with Crippen molar-refractivity contribution in [1.29, 1.82) is 0 Å². The number of benzene rings is 3. The van der Waals surface area contributed by atoms with Gasteiger partial charge in [-0.3, -0.25) is 14.4 Å². The molecular formula is C27H28N2O5. The molecule has 0 aliphatic heterocycles. The highest BCUT2D eigenvalue weighted by molar-refractivity contribution is 6.04. The van der Waals surface area contributed by atoms with E-state index in [1.165, 1.54) is 18.6 Å². The number of rotatable bonds is 10. The number of amides is 2. The van der Waals surface area contributed by atoms with Gasteiger partial charge in [0.15, 0.2) is 6.61 Å². The van der Waals surface area contributed by atoms with E-state index in [-0.39, 0.29) is 18.4 Å². The van der Waals surface area contributed by atoms with Gasteiger partial charge in [0.1, 0.15) is 11.5 Å². The number of anilines is 1. The molecule has 0 atom stereocenters. The summed E-state index contributed by atoms with van der Waals surface area (Å²) < 4.78 is 10.5. The van der Waals surface area contributed by atoms with Gasteiger partial charge in [-0.1, -0.05) is 43.7 Å². The fourth-order valence-corrected chi connectivity index (χ4v) is 3.22. The third-order valence-corrected chi connectivity index (χ3v) is 4.89. The maximum absolute atomic E-state index is 12.5. The van der Waals surface area contributed by atoms with Crippen LogP contribution in [0.15, 0.2) is 72.8 Å². The summed E-state index contributed by atoms with van der Waals surface area (Å²) in [5.74, 6) is -0.0253. The number of esters is 1. The van der Waals surface area contributed by atoms with E-state index in [1.807, 2.05) is 36.4 Å². The van der Waals surface area contributed by atoms with Gasteiger partial charge in [-0.05, 0) is 60.0 Å². The second kappa shape index (κ2) is 12.2. The van der Waals surface area contributed by atoms with Gasteiger partial charge in [-0.2, -0.15) is 0 Å². The number of hydrogen-bond donors (Lipinski definition) is 2. The van der Waals surface area contributed by atoms with Gasteiger partial charge in [0, 0.05) is 24.7 Å². The standard InChI is InChI=1S/C27H28N2O5/c1-3-5-20-10-14-24(15-11-20)33-18-26(31)28-17-21-8-12-23(13-9-21)29-27(32)22-6-4-7-25(16-22)34-19(2)30/h4,6-16H,3,5,17-18H2,1-2H3,(H,28,31)(H,29,32). The first-order valence-corrected chi connectivity index (χ1v) is 11.1. The lowest BCUT2D eigenvalue weighted by Gasteiger charge is -2.10. The van der Waals surface area contributed by atoms with E-state index in [9.17, 15) is 14.4 Å². The second-order valence-electron chi connectivity index (χ2n) is 7.73. The molecule has 0 spiro atoms. The zero-order valence-electron chi connectivity index (χ0n) is 19.3. The van der Waals surface area contributed by atoms with Crippen LogP contribution in [-0.2, 0) is 22.6 Å². The first kappa shape index (κ1) is 24.5. The lowest BCUT2D eigenvalue weighted by Crippen LogP contribution is -2.28. The van der Waals surface area contributed by atoms with Gasteiger partial charge in [0.25, 0.3) is 11.8 Å². The van der Waals surface area contributed by atoms with Crippen molar-refractivity contribution >= 4 is 23.5 Å². The normalized spacial score (nSPS) is 10.3. The van der Waals surface area contributed by atoms with Crippen molar-refractivity contribution in [3.8, 4) is 11.5 Å². The second-order valence-corrected chi connectivity index (χ2v) is 7.73. The van der Waals surface area contributed by atoms with Gasteiger partial charge < -0.3 is 20.1 Å². The zero-order chi connectivity index (χ0) is 24.3. The fraction of sp³-hybridized carbons (Fsp3) is 0.222. The Hall–Kier alpha value is -4.13. The van der Waals surface area contributed by atoms with Crippen LogP contribution in [-0.4, -0.2) is 24.4 Å². The van der Waals surface area contributed by atoms with Gasteiger partial charge >= 0.3 is 5.97 Å². The highest BCUT2D eigenvalue weighted by atomic mass is 16.5. The largest absolute Gasteiger partial charge is 0.484 e. The van der Waals surface area contributed by atoms with E-state index in [2.05, 4.69) is 17.6 Å². The topological polar surface area (TPSA) is 93.7 Å². The average molecular weight is 461 g/mol. The Labute approximate surface area is 199 Å². The van der Waals surface area contributed by atoms with Crippen LogP contribution in [0.4, 0.5) is 5.69 Å². The van der Waals surface area contributed by atoms with E-state index < -0.39 is 5.97 Å². The Balaban J connectivity index is 1.44. The number of aryl methyl sites for hydroxylation is 1. The van der Waals surface area contributed by atoms with Crippen molar-refractivity contribution in [3.63, 3.8) is 0 Å². The summed E-state index contributed by atoms with van der Waals surface area (Å²) in [5.41, 5.74) is 3.10. The summed E-state index contributed by atoms with van der Waals surface area (Å²) in [7, 11) is 0. The molecule has 3 aromatic rings. The Morgan fingerprint density at radius 3 is 2.24 bits per heavy atom. The van der Waals surface area contributed by atoms with Gasteiger partial charge in [-0.15, -0.1) is 0 Å². The van der Waals surface area contributed by atoms with Gasteiger partial charge in [0.05, 0.1) is 0 Å². The average Bonchev–Trinajstić information content (AvgIpc) is 2.83. The smallest absolute Gasteiger partial charge is 0.308 e. The Bertz CT molecular complexity index is 1120. The monoisotopic (exact) mass is 460 g/mol. The third-order valence-electron chi connectivity index (χ3n) is 4.89. The Kier molecular flexibility index (Phi) is 8.80. The molecule has 0 aliphatic rings. The molecule has 0 saturated carbocycles. The molecule has 2 N–H and O–H groups in total. The number of hydrogen-bond acceptors (Lipinski definition) is 5. The SMILES string of the molecule is CCCc1ccc(OCC(=O)NCc2ccc(NC(=O)c3cccc(OC(C)=O)c3)cc2)cc1. The molecule has 0 aliphatic carbocycles. The molecule has 3 aromatic carbocycles. The fourth-order valence-electron chi connectivity index (χ4n) is 3.22. The van der Waals surface area contributed by atoms with Crippen molar-refractivity contribution < 1.29 is 23.9 Å². The number of carbonyl (C=O) groups excluding carboxylic acids is 3. The lowest BCUT2D eigenvalue weighted by atomic mass is 10.1. The van der Waals surface area contributed by atoms with Crippen LogP contribution in [0.5, 0.6) is 11.5 Å². The molecule has 0 heterocycles. The minimum Gasteiger partial charge on any atom is -0.484 e. The Morgan fingerprint density at radius 1 is 0.853 bits per heavy atom. The molecule has 2 amide bonds. The summed E-state index contributed by atoms with van der Waals surface area (Å²) in [6.07, 6.45) is 2.11. The summed E-state index contributed by atoms with van der Waals surface area (Å²) in [4.78, 5) is 35.7. The molecule has 0 radical (unpaired) electrons. The molecule has 0 aromatic heterocycles. The van der Waals surface area contributed by atoms with E-state index in [0.717, 1.165) is 18.4 Å². The van der Waals surface area contributed by atoms with Crippen LogP contribution in [0.2, 0.25) is 0 Å². The minimum atomic E-state index is -0.451. The van der Waals surface area contributed by atoms with Gasteiger partial charge in [-0.25, -0.2) is 0 Å². The summed E-state index contributed by atoms with van der Waals surface area (Å²) in [5, 5.41) is 5.61. The summed E-state index contributed by atoms with van der Waals surface area (Å²) >= 11 is 0. The van der Waals surface area contributed by atoms with Crippen LogP contribution >= 0.6 is 0 Å². The lowest BCUT2D eigenvalue weighted by molar-refractivity contribution is -0.131. The first-order chi connectivity index (χ1) is 16.4. The molecule has 7 heteroatoms. The molecule has 0 saturated heterocycles. The third kappa shape index (κ3) is 7.78. The van der Waals surface area contributed by atoms with Crippen molar-refractivity contribution in [3.05, 3.63) is 89.5 Å². The van der Waals surface area contributed by atoms with E-state index in [4.69, 9.17) is 9.47 Å². The predicted octanol–water partition coefficient (Wildman–Crippen LogP) is 4.51. The molecule has 176 valence electrons. The quantitative estimate of drug-likeness (QED) is 0.343. The van der Waals surface area contributed by atoms with E-state index >= 15 is 0 Å². The number of ether oxygens (including phenoxy) is 2. The van der Waals surface area contributed by atoms with Crippen molar-refractivity contribution in [2.24, 2.45) is 0 Å². The van der Waals surface area contributed by atoms with Gasteiger partial charge in [0.2, 0.25) is 0 Å². The van der Waals surface area contributed by atoms with Crippen molar-refractivity contribution in [1.82, 2.24) is 5.32 Å².